The fourth-order valence-corrected chi connectivity index (χ4v) is 4.83. The van der Waals surface area contributed by atoms with Crippen molar-refractivity contribution in [1.82, 2.24) is 14.9 Å². The van der Waals surface area contributed by atoms with Crippen LogP contribution in [0, 0.1) is 5.82 Å². The lowest BCUT2D eigenvalue weighted by molar-refractivity contribution is -0.126. The number of hydrogen-bond acceptors (Lipinski definition) is 5. The number of nitrogens with two attached hydrogens (primary N) is 1. The van der Waals surface area contributed by atoms with Crippen LogP contribution in [0.2, 0.25) is 0 Å². The minimum Gasteiger partial charge on any atom is -0.351 e. The summed E-state index contributed by atoms with van der Waals surface area (Å²) in [7, 11) is -3.77. The van der Waals surface area contributed by atoms with Crippen LogP contribution in [0.1, 0.15) is 24.4 Å². The average molecular weight is 434 g/mol. The molecule has 8 nitrogen and oxygen atoms in total. The van der Waals surface area contributed by atoms with Crippen molar-refractivity contribution >= 4 is 22.0 Å². The normalized spacial score (nSPS) is 16.7. The van der Waals surface area contributed by atoms with Gasteiger partial charge in [-0.3, -0.25) is 15.0 Å². The zero-order valence-electron chi connectivity index (χ0n) is 16.1. The molecule has 2 aromatic rings. The van der Waals surface area contributed by atoms with Gasteiger partial charge in [0.05, 0.1) is 4.90 Å². The number of sulfonamides is 1. The van der Waals surface area contributed by atoms with E-state index in [1.54, 1.807) is 24.3 Å². The van der Waals surface area contributed by atoms with E-state index < -0.39 is 33.8 Å². The molecule has 30 heavy (non-hydrogen) atoms. The maximum absolute atomic E-state index is 13.1. The quantitative estimate of drug-likeness (QED) is 0.636. The van der Waals surface area contributed by atoms with E-state index in [1.165, 1.54) is 12.1 Å². The Labute approximate surface area is 174 Å². The number of likely N-dealkylation sites (tertiary alicyclic amines) is 1. The van der Waals surface area contributed by atoms with Crippen molar-refractivity contribution in [2.45, 2.75) is 29.8 Å². The van der Waals surface area contributed by atoms with Crippen LogP contribution in [0.15, 0.2) is 59.5 Å². The zero-order chi connectivity index (χ0) is 21.7. The van der Waals surface area contributed by atoms with E-state index in [2.05, 4.69) is 10.0 Å². The Balaban J connectivity index is 1.68. The highest BCUT2D eigenvalue weighted by atomic mass is 32.2. The number of piperidine rings is 1. The van der Waals surface area contributed by atoms with Crippen LogP contribution >= 0.6 is 0 Å². The number of amides is 3. The molecule has 0 bridgehead atoms. The molecule has 0 aromatic heterocycles. The minimum atomic E-state index is -3.77. The van der Waals surface area contributed by atoms with Crippen molar-refractivity contribution < 1.29 is 22.4 Å². The SMILES string of the molecule is NC(=O)NC(=O)C(c1ccccc1)N1CCC(NS(=O)(=O)c2ccc(F)cc2)CC1. The highest BCUT2D eigenvalue weighted by Crippen LogP contribution is 2.26. The Bertz CT molecular complexity index is 991. The predicted molar refractivity (Wildman–Crippen MR) is 108 cm³/mol. The Morgan fingerprint density at radius 1 is 1.03 bits per heavy atom. The first-order chi connectivity index (χ1) is 14.3. The maximum atomic E-state index is 13.1. The number of nitrogens with one attached hydrogen (secondary N) is 2. The summed E-state index contributed by atoms with van der Waals surface area (Å²) >= 11 is 0. The Morgan fingerprint density at radius 3 is 2.20 bits per heavy atom. The van der Waals surface area contributed by atoms with Crippen molar-refractivity contribution in [1.29, 1.82) is 0 Å². The van der Waals surface area contributed by atoms with Gasteiger partial charge in [0, 0.05) is 19.1 Å². The van der Waals surface area contributed by atoms with E-state index in [0.717, 1.165) is 12.1 Å². The van der Waals surface area contributed by atoms with Crippen LogP contribution in [0.5, 0.6) is 0 Å². The molecule has 1 fully saturated rings. The summed E-state index contributed by atoms with van der Waals surface area (Å²) in [5.41, 5.74) is 5.82. The molecule has 0 aliphatic carbocycles. The van der Waals surface area contributed by atoms with E-state index in [9.17, 15) is 22.4 Å². The molecule has 2 aromatic carbocycles. The molecule has 1 aliphatic heterocycles. The van der Waals surface area contributed by atoms with Gasteiger partial charge in [-0.05, 0) is 42.7 Å². The molecule has 10 heteroatoms. The molecule has 1 aliphatic rings. The third kappa shape index (κ3) is 5.41. The number of rotatable bonds is 6. The van der Waals surface area contributed by atoms with Gasteiger partial charge in [0.25, 0.3) is 0 Å². The Morgan fingerprint density at radius 2 is 1.63 bits per heavy atom. The van der Waals surface area contributed by atoms with Gasteiger partial charge in [-0.2, -0.15) is 0 Å². The number of carbonyl (C=O) groups is 2. The summed E-state index contributed by atoms with van der Waals surface area (Å²) in [6, 6.07) is 11.6. The highest BCUT2D eigenvalue weighted by Gasteiger charge is 2.33. The lowest BCUT2D eigenvalue weighted by Crippen LogP contribution is -2.50. The number of halogens is 1. The minimum absolute atomic E-state index is 0.00525. The summed E-state index contributed by atoms with van der Waals surface area (Å²) < 4.78 is 40.7. The van der Waals surface area contributed by atoms with Crippen molar-refractivity contribution in [3.8, 4) is 0 Å². The summed E-state index contributed by atoms with van der Waals surface area (Å²) in [5, 5.41) is 2.13. The van der Waals surface area contributed by atoms with E-state index in [4.69, 9.17) is 5.73 Å². The second-order valence-corrected chi connectivity index (χ2v) is 8.77. The highest BCUT2D eigenvalue weighted by molar-refractivity contribution is 7.89. The number of urea groups is 1. The molecule has 0 saturated carbocycles. The third-order valence-corrected chi connectivity index (χ3v) is 6.49. The standard InChI is InChI=1S/C20H23FN4O4S/c21-15-6-8-17(9-7-15)30(28,29)24-16-10-12-25(13-11-16)18(19(26)23-20(22)27)14-4-2-1-3-5-14/h1-9,16,18,24H,10-13H2,(H3,22,23,26,27). The first-order valence-electron chi connectivity index (χ1n) is 9.43. The van der Waals surface area contributed by atoms with Gasteiger partial charge in [-0.1, -0.05) is 30.3 Å². The lowest BCUT2D eigenvalue weighted by atomic mass is 9.99. The number of imide groups is 1. The molecule has 3 amide bonds. The molecule has 160 valence electrons. The van der Waals surface area contributed by atoms with E-state index >= 15 is 0 Å². The largest absolute Gasteiger partial charge is 0.351 e. The van der Waals surface area contributed by atoms with Crippen LogP contribution in [-0.2, 0) is 14.8 Å². The molecule has 1 saturated heterocycles. The van der Waals surface area contributed by atoms with Gasteiger partial charge in [-0.25, -0.2) is 22.3 Å². The van der Waals surface area contributed by atoms with Gasteiger partial charge in [0.1, 0.15) is 11.9 Å². The fourth-order valence-electron chi connectivity index (χ4n) is 3.53. The summed E-state index contributed by atoms with van der Waals surface area (Å²) in [5.74, 6) is -1.04. The van der Waals surface area contributed by atoms with Crippen molar-refractivity contribution in [2.75, 3.05) is 13.1 Å². The van der Waals surface area contributed by atoms with Gasteiger partial charge in [-0.15, -0.1) is 0 Å². The maximum Gasteiger partial charge on any atom is 0.318 e. The molecule has 3 rings (SSSR count). The van der Waals surface area contributed by atoms with E-state index in [0.29, 0.717) is 31.5 Å². The van der Waals surface area contributed by atoms with E-state index in [1.807, 2.05) is 11.0 Å². The third-order valence-electron chi connectivity index (χ3n) is 4.95. The molecule has 0 radical (unpaired) electrons. The first kappa shape index (κ1) is 21.9. The van der Waals surface area contributed by atoms with Gasteiger partial charge in [0.15, 0.2) is 0 Å². The number of primary amides is 1. The molecular weight excluding hydrogens is 411 g/mol. The number of hydrogen-bond donors (Lipinski definition) is 3. The van der Waals surface area contributed by atoms with Crippen LogP contribution in [0.4, 0.5) is 9.18 Å². The second kappa shape index (κ2) is 9.33. The van der Waals surface area contributed by atoms with Crippen molar-refractivity contribution in [3.63, 3.8) is 0 Å². The Kier molecular flexibility index (Phi) is 6.80. The van der Waals surface area contributed by atoms with Gasteiger partial charge in [0.2, 0.25) is 15.9 Å². The molecule has 1 atom stereocenters. The summed E-state index contributed by atoms with van der Waals surface area (Å²) in [4.78, 5) is 25.6. The Hall–Kier alpha value is -2.82. The lowest BCUT2D eigenvalue weighted by Gasteiger charge is -2.36. The van der Waals surface area contributed by atoms with Crippen molar-refractivity contribution in [3.05, 3.63) is 66.0 Å². The smallest absolute Gasteiger partial charge is 0.318 e. The van der Waals surface area contributed by atoms with Crippen LogP contribution in [-0.4, -0.2) is 44.4 Å². The van der Waals surface area contributed by atoms with Crippen molar-refractivity contribution in [2.24, 2.45) is 5.73 Å². The van der Waals surface area contributed by atoms with Crippen LogP contribution < -0.4 is 15.8 Å². The monoisotopic (exact) mass is 434 g/mol. The molecule has 0 spiro atoms. The molecule has 4 N–H and O–H groups in total. The van der Waals surface area contributed by atoms with Crippen LogP contribution in [0.25, 0.3) is 0 Å². The fraction of sp³-hybridized carbons (Fsp3) is 0.300. The average Bonchev–Trinajstić information content (AvgIpc) is 2.70. The number of benzene rings is 2. The number of carbonyl (C=O) groups excluding carboxylic acids is 2. The predicted octanol–water partition coefficient (Wildman–Crippen LogP) is 1.50. The first-order valence-corrected chi connectivity index (χ1v) is 10.9. The van der Waals surface area contributed by atoms with Gasteiger partial charge >= 0.3 is 6.03 Å². The van der Waals surface area contributed by atoms with Crippen LogP contribution in [0.3, 0.4) is 0 Å². The number of nitrogens with zero attached hydrogens (tertiary/aromatic N) is 1. The molecular formula is C20H23FN4O4S. The molecule has 1 heterocycles. The summed E-state index contributed by atoms with van der Waals surface area (Å²) in [6.07, 6.45) is 0.932. The van der Waals surface area contributed by atoms with Gasteiger partial charge < -0.3 is 5.73 Å². The van der Waals surface area contributed by atoms with E-state index in [-0.39, 0.29) is 10.9 Å². The summed E-state index contributed by atoms with van der Waals surface area (Å²) in [6.45, 7) is 0.866. The second-order valence-electron chi connectivity index (χ2n) is 7.05. The molecule has 1 unspecified atom stereocenters. The zero-order valence-corrected chi connectivity index (χ0v) is 16.9. The topological polar surface area (TPSA) is 122 Å².